The Bertz CT molecular complexity index is 1020. The van der Waals surface area contributed by atoms with E-state index >= 15 is 0 Å². The number of aliphatic hydroxyl groups excluding tert-OH is 1. The average Bonchev–Trinajstić information content (AvgIpc) is 3.21. The number of hydrogen-bond donors (Lipinski definition) is 3. The first-order chi connectivity index (χ1) is 14.2. The van der Waals surface area contributed by atoms with Gasteiger partial charge in [-0.25, -0.2) is 4.98 Å². The average molecular weight is 428 g/mol. The minimum Gasteiger partial charge on any atom is -0.506 e. The number of aliphatic hydroxyl groups is 1. The molecule has 0 saturated carbocycles. The van der Waals surface area contributed by atoms with Gasteiger partial charge in [0.15, 0.2) is 0 Å². The summed E-state index contributed by atoms with van der Waals surface area (Å²) in [7, 11) is 0. The van der Waals surface area contributed by atoms with Crippen LogP contribution in [0.2, 0.25) is 5.02 Å². The Morgan fingerprint density at radius 3 is 2.47 bits per heavy atom. The third kappa shape index (κ3) is 5.20. The van der Waals surface area contributed by atoms with E-state index in [9.17, 15) is 15.0 Å². The molecule has 3 aromatic rings. The Hall–Kier alpha value is -2.83. The van der Waals surface area contributed by atoms with Crippen molar-refractivity contribution in [3.05, 3.63) is 76.8 Å². The van der Waals surface area contributed by atoms with Crippen molar-refractivity contribution >= 4 is 17.5 Å². The van der Waals surface area contributed by atoms with Crippen LogP contribution in [0.3, 0.4) is 0 Å². The van der Waals surface area contributed by atoms with E-state index in [-0.39, 0.29) is 28.7 Å². The van der Waals surface area contributed by atoms with E-state index in [0.29, 0.717) is 12.0 Å². The van der Waals surface area contributed by atoms with E-state index in [1.54, 1.807) is 6.33 Å². The lowest BCUT2D eigenvalue weighted by Gasteiger charge is -2.17. The number of benzene rings is 2. The molecule has 1 heterocycles. The Morgan fingerprint density at radius 2 is 1.90 bits per heavy atom. The van der Waals surface area contributed by atoms with Crippen molar-refractivity contribution < 1.29 is 15.0 Å². The molecular formula is C23H26ClN3O3. The molecule has 158 valence electrons. The first kappa shape index (κ1) is 21.9. The van der Waals surface area contributed by atoms with Gasteiger partial charge in [0.25, 0.3) is 5.91 Å². The molecule has 30 heavy (non-hydrogen) atoms. The number of carbonyl (C=O) groups excluding carboxylic acids is 1. The highest BCUT2D eigenvalue weighted by molar-refractivity contribution is 6.32. The largest absolute Gasteiger partial charge is 0.506 e. The number of amides is 1. The topological polar surface area (TPSA) is 87.4 Å². The fourth-order valence-corrected chi connectivity index (χ4v) is 3.20. The lowest BCUT2D eigenvalue weighted by atomic mass is 9.93. The zero-order valence-corrected chi connectivity index (χ0v) is 18.0. The van der Waals surface area contributed by atoms with Gasteiger partial charge in [-0.3, -0.25) is 4.79 Å². The summed E-state index contributed by atoms with van der Waals surface area (Å²) in [5, 5.41) is 22.1. The first-order valence-electron chi connectivity index (χ1n) is 9.71. The zero-order valence-electron chi connectivity index (χ0n) is 17.3. The fourth-order valence-electron chi connectivity index (χ4n) is 3.02. The Balaban J connectivity index is 1.66. The number of aromatic nitrogens is 2. The molecule has 2 aromatic carbocycles. The lowest BCUT2D eigenvalue weighted by Crippen LogP contribution is -2.39. The van der Waals surface area contributed by atoms with Gasteiger partial charge in [0.1, 0.15) is 5.75 Å². The quantitative estimate of drug-likeness (QED) is 0.557. The van der Waals surface area contributed by atoms with Crippen LogP contribution in [-0.4, -0.2) is 38.3 Å². The molecule has 0 unspecified atom stereocenters. The van der Waals surface area contributed by atoms with Gasteiger partial charge >= 0.3 is 0 Å². The maximum absolute atomic E-state index is 12.4. The Morgan fingerprint density at radius 1 is 1.20 bits per heavy atom. The van der Waals surface area contributed by atoms with Gasteiger partial charge < -0.3 is 20.1 Å². The van der Waals surface area contributed by atoms with Crippen LogP contribution in [0.15, 0.2) is 55.0 Å². The second-order valence-corrected chi connectivity index (χ2v) is 8.71. The summed E-state index contributed by atoms with van der Waals surface area (Å²) < 4.78 is 1.98. The number of nitrogens with zero attached hydrogens (tertiary/aromatic N) is 2. The summed E-state index contributed by atoms with van der Waals surface area (Å²) in [4.78, 5) is 16.9. The minimum absolute atomic E-state index is 0.0144. The molecule has 6 nitrogen and oxygen atoms in total. The first-order valence-corrected chi connectivity index (χ1v) is 10.1. The van der Waals surface area contributed by atoms with Gasteiger partial charge in [0.2, 0.25) is 0 Å². The number of imidazole rings is 1. The monoisotopic (exact) mass is 427 g/mol. The SMILES string of the molecule is CC(C)(C)c1cn(-c2ccc(C[C@@H](CO)NC(=O)c3ccc(O)c(Cl)c3)cc2)cn1. The lowest BCUT2D eigenvalue weighted by molar-refractivity contribution is 0.0916. The number of hydrogen-bond acceptors (Lipinski definition) is 4. The van der Waals surface area contributed by atoms with Crippen molar-refractivity contribution in [3.8, 4) is 11.4 Å². The molecule has 0 bridgehead atoms. The molecule has 0 radical (unpaired) electrons. The van der Waals surface area contributed by atoms with E-state index in [0.717, 1.165) is 16.9 Å². The van der Waals surface area contributed by atoms with Crippen LogP contribution < -0.4 is 5.32 Å². The van der Waals surface area contributed by atoms with Gasteiger partial charge in [-0.2, -0.15) is 0 Å². The van der Waals surface area contributed by atoms with Gasteiger partial charge in [0, 0.05) is 22.9 Å². The number of aromatic hydroxyl groups is 1. The predicted molar refractivity (Wildman–Crippen MR) is 117 cm³/mol. The van der Waals surface area contributed by atoms with Crippen molar-refractivity contribution in [1.29, 1.82) is 0 Å². The van der Waals surface area contributed by atoms with Crippen LogP contribution in [0.4, 0.5) is 0 Å². The van der Waals surface area contributed by atoms with Gasteiger partial charge in [-0.1, -0.05) is 44.5 Å². The smallest absolute Gasteiger partial charge is 0.251 e. The molecular weight excluding hydrogens is 402 g/mol. The molecule has 3 rings (SSSR count). The molecule has 7 heteroatoms. The number of nitrogens with one attached hydrogen (secondary N) is 1. The molecule has 0 aliphatic heterocycles. The van der Waals surface area contributed by atoms with Crippen molar-refractivity contribution in [2.24, 2.45) is 0 Å². The minimum atomic E-state index is -0.448. The Kier molecular flexibility index (Phi) is 6.48. The number of phenolic OH excluding ortho intramolecular Hbond substituents is 1. The van der Waals surface area contributed by atoms with E-state index < -0.39 is 6.04 Å². The molecule has 0 saturated heterocycles. The molecule has 1 amide bonds. The fraction of sp³-hybridized carbons (Fsp3) is 0.304. The molecule has 0 fully saturated rings. The number of rotatable bonds is 6. The number of carbonyl (C=O) groups is 1. The van der Waals surface area contributed by atoms with Crippen LogP contribution in [-0.2, 0) is 11.8 Å². The number of phenols is 1. The van der Waals surface area contributed by atoms with E-state index in [4.69, 9.17) is 11.6 Å². The molecule has 3 N–H and O–H groups in total. The summed E-state index contributed by atoms with van der Waals surface area (Å²) in [6.45, 7) is 6.17. The third-order valence-electron chi connectivity index (χ3n) is 4.83. The van der Waals surface area contributed by atoms with Crippen LogP contribution in [0.1, 0.15) is 42.4 Å². The van der Waals surface area contributed by atoms with Crippen molar-refractivity contribution in [1.82, 2.24) is 14.9 Å². The second kappa shape index (κ2) is 8.90. The summed E-state index contributed by atoms with van der Waals surface area (Å²) in [6.07, 6.45) is 4.30. The third-order valence-corrected chi connectivity index (χ3v) is 5.14. The molecule has 0 aliphatic rings. The highest BCUT2D eigenvalue weighted by atomic mass is 35.5. The van der Waals surface area contributed by atoms with Crippen LogP contribution in [0.5, 0.6) is 5.75 Å². The zero-order chi connectivity index (χ0) is 21.9. The van der Waals surface area contributed by atoms with Crippen LogP contribution >= 0.6 is 11.6 Å². The predicted octanol–water partition coefficient (Wildman–Crippen LogP) is 3.86. The van der Waals surface area contributed by atoms with Gasteiger partial charge in [-0.05, 0) is 42.3 Å². The molecule has 0 aliphatic carbocycles. The highest BCUT2D eigenvalue weighted by Gasteiger charge is 2.17. The van der Waals surface area contributed by atoms with E-state index in [2.05, 4.69) is 31.1 Å². The normalized spacial score (nSPS) is 12.6. The van der Waals surface area contributed by atoms with E-state index in [1.807, 2.05) is 35.0 Å². The summed E-state index contributed by atoms with van der Waals surface area (Å²) in [5.41, 5.74) is 3.30. The molecule has 0 spiro atoms. The molecule has 1 aromatic heterocycles. The summed E-state index contributed by atoms with van der Waals surface area (Å²) >= 11 is 5.86. The standard InChI is InChI=1S/C23H26ClN3O3/c1-23(2,3)21-12-27(14-25-21)18-7-4-15(5-8-18)10-17(13-28)26-22(30)16-6-9-20(29)19(24)11-16/h4-9,11-12,14,17,28-29H,10,13H2,1-3H3,(H,26,30)/t17-/m0/s1. The van der Waals surface area contributed by atoms with E-state index in [1.165, 1.54) is 18.2 Å². The second-order valence-electron chi connectivity index (χ2n) is 8.31. The van der Waals surface area contributed by atoms with Crippen LogP contribution in [0.25, 0.3) is 5.69 Å². The molecule has 1 atom stereocenters. The summed E-state index contributed by atoms with van der Waals surface area (Å²) in [6, 6.07) is 11.7. The van der Waals surface area contributed by atoms with Crippen LogP contribution in [0, 0.1) is 0 Å². The maximum atomic E-state index is 12.4. The highest BCUT2D eigenvalue weighted by Crippen LogP contribution is 2.24. The summed E-state index contributed by atoms with van der Waals surface area (Å²) in [5.74, 6) is -0.444. The van der Waals surface area contributed by atoms with Crippen molar-refractivity contribution in [2.75, 3.05) is 6.61 Å². The van der Waals surface area contributed by atoms with Crippen molar-refractivity contribution in [2.45, 2.75) is 38.6 Å². The number of halogens is 1. The Labute approximate surface area is 181 Å². The van der Waals surface area contributed by atoms with Crippen molar-refractivity contribution in [3.63, 3.8) is 0 Å². The van der Waals surface area contributed by atoms with Gasteiger partial charge in [0.05, 0.1) is 29.7 Å². The maximum Gasteiger partial charge on any atom is 0.251 e. The van der Waals surface area contributed by atoms with Gasteiger partial charge in [-0.15, -0.1) is 0 Å².